The van der Waals surface area contributed by atoms with Crippen molar-refractivity contribution in [3.05, 3.63) is 48.6 Å². The summed E-state index contributed by atoms with van der Waals surface area (Å²) in [4.78, 5) is 2.25. The summed E-state index contributed by atoms with van der Waals surface area (Å²) in [5.74, 6) is 0.885. The Hall–Kier alpha value is -1.70. The van der Waals surface area contributed by atoms with E-state index in [1.54, 1.807) is 7.11 Å². The summed E-state index contributed by atoms with van der Waals surface area (Å²) in [6.45, 7) is 9.72. The van der Waals surface area contributed by atoms with Gasteiger partial charge in [-0.25, -0.2) is 0 Å². The Balaban J connectivity index is 2.17. The molecule has 2 rings (SSSR count). The van der Waals surface area contributed by atoms with Crippen LogP contribution in [0.5, 0.6) is 5.75 Å². The van der Waals surface area contributed by atoms with Crippen LogP contribution in [0, 0.1) is 0 Å². The van der Waals surface area contributed by atoms with E-state index in [1.807, 2.05) is 12.1 Å². The summed E-state index contributed by atoms with van der Waals surface area (Å²) < 4.78 is 5.12. The van der Waals surface area contributed by atoms with E-state index >= 15 is 0 Å². The second kappa shape index (κ2) is 3.81. The maximum atomic E-state index is 5.12. The fraction of sp³-hybridized carbons (Fsp3) is 0.231. The van der Waals surface area contributed by atoms with Gasteiger partial charge in [0.25, 0.3) is 0 Å². The Bertz CT molecular complexity index is 376. The van der Waals surface area contributed by atoms with Crippen LogP contribution in [0.4, 0.5) is 5.69 Å². The molecule has 0 radical (unpaired) electrons. The molecule has 0 atom stereocenters. The van der Waals surface area contributed by atoms with Gasteiger partial charge in [0.1, 0.15) is 5.75 Å². The van der Waals surface area contributed by atoms with Crippen molar-refractivity contribution in [2.75, 3.05) is 25.1 Å². The van der Waals surface area contributed by atoms with E-state index < -0.39 is 0 Å². The van der Waals surface area contributed by atoms with Gasteiger partial charge in [0.15, 0.2) is 0 Å². The van der Waals surface area contributed by atoms with Crippen LogP contribution in [-0.4, -0.2) is 20.2 Å². The third kappa shape index (κ3) is 1.89. The first kappa shape index (κ1) is 9.84. The Labute approximate surface area is 90.5 Å². The number of anilines is 1. The lowest BCUT2D eigenvalue weighted by Crippen LogP contribution is -2.17. The van der Waals surface area contributed by atoms with Gasteiger partial charge in [-0.1, -0.05) is 13.2 Å². The van der Waals surface area contributed by atoms with Crippen LogP contribution in [0.2, 0.25) is 0 Å². The molecule has 2 nitrogen and oxygen atoms in total. The first-order valence-electron chi connectivity index (χ1n) is 4.95. The molecule has 0 N–H and O–H groups in total. The number of rotatable bonds is 2. The molecule has 0 amide bonds. The number of ether oxygens (including phenoxy) is 1. The Morgan fingerprint density at radius 2 is 1.60 bits per heavy atom. The van der Waals surface area contributed by atoms with Crippen molar-refractivity contribution in [2.24, 2.45) is 0 Å². The molecule has 1 aliphatic heterocycles. The molecule has 1 fully saturated rings. The summed E-state index contributed by atoms with van der Waals surface area (Å²) in [5.41, 5.74) is 3.45. The molecule has 1 aromatic carbocycles. The van der Waals surface area contributed by atoms with Gasteiger partial charge < -0.3 is 9.64 Å². The zero-order valence-corrected chi connectivity index (χ0v) is 8.99. The van der Waals surface area contributed by atoms with Gasteiger partial charge in [0.2, 0.25) is 0 Å². The van der Waals surface area contributed by atoms with Crippen LogP contribution >= 0.6 is 0 Å². The molecule has 0 aromatic heterocycles. The van der Waals surface area contributed by atoms with Crippen molar-refractivity contribution in [3.63, 3.8) is 0 Å². The van der Waals surface area contributed by atoms with Crippen LogP contribution in [0.3, 0.4) is 0 Å². The Morgan fingerprint density at radius 1 is 1.07 bits per heavy atom. The standard InChI is InChI=1S/C13H15NO/c1-10-8-14(9-11(10)2)12-4-6-13(15-3)7-5-12/h4-7H,1-2,8-9H2,3H3. The third-order valence-electron chi connectivity index (χ3n) is 2.70. The van der Waals surface area contributed by atoms with Gasteiger partial charge in [0, 0.05) is 18.8 Å². The molecule has 1 aromatic rings. The van der Waals surface area contributed by atoms with Gasteiger partial charge >= 0.3 is 0 Å². The van der Waals surface area contributed by atoms with Crippen LogP contribution in [0.15, 0.2) is 48.6 Å². The molecular formula is C13H15NO. The van der Waals surface area contributed by atoms with E-state index in [4.69, 9.17) is 4.74 Å². The summed E-state index contributed by atoms with van der Waals surface area (Å²) in [7, 11) is 1.68. The van der Waals surface area contributed by atoms with E-state index in [-0.39, 0.29) is 0 Å². The first-order valence-corrected chi connectivity index (χ1v) is 4.95. The second-order valence-electron chi connectivity index (χ2n) is 3.76. The minimum Gasteiger partial charge on any atom is -0.497 e. The molecule has 0 bridgehead atoms. The normalized spacial score (nSPS) is 15.9. The molecular weight excluding hydrogens is 186 g/mol. The van der Waals surface area contributed by atoms with Gasteiger partial charge in [-0.05, 0) is 35.4 Å². The Morgan fingerprint density at radius 3 is 2.07 bits per heavy atom. The highest BCUT2D eigenvalue weighted by molar-refractivity contribution is 5.56. The van der Waals surface area contributed by atoms with Crippen LogP contribution in [-0.2, 0) is 0 Å². The molecule has 0 saturated carbocycles. The average molecular weight is 201 g/mol. The number of methoxy groups -OCH3 is 1. The average Bonchev–Trinajstić information content (AvgIpc) is 2.59. The van der Waals surface area contributed by atoms with E-state index in [0.717, 1.165) is 30.0 Å². The monoisotopic (exact) mass is 201 g/mol. The fourth-order valence-electron chi connectivity index (χ4n) is 1.72. The molecule has 1 aliphatic rings. The largest absolute Gasteiger partial charge is 0.497 e. The van der Waals surface area contributed by atoms with Crippen molar-refractivity contribution in [3.8, 4) is 5.75 Å². The predicted molar refractivity (Wildman–Crippen MR) is 63.5 cm³/mol. The fourth-order valence-corrected chi connectivity index (χ4v) is 1.72. The quantitative estimate of drug-likeness (QED) is 0.729. The van der Waals surface area contributed by atoms with E-state index in [9.17, 15) is 0 Å². The molecule has 0 unspecified atom stereocenters. The number of hydrogen-bond donors (Lipinski definition) is 0. The van der Waals surface area contributed by atoms with Crippen molar-refractivity contribution >= 4 is 5.69 Å². The number of hydrogen-bond acceptors (Lipinski definition) is 2. The van der Waals surface area contributed by atoms with Gasteiger partial charge in [-0.15, -0.1) is 0 Å². The molecule has 0 spiro atoms. The smallest absolute Gasteiger partial charge is 0.119 e. The Kier molecular flexibility index (Phi) is 2.50. The lowest BCUT2D eigenvalue weighted by atomic mass is 10.2. The van der Waals surface area contributed by atoms with Crippen molar-refractivity contribution in [2.45, 2.75) is 0 Å². The van der Waals surface area contributed by atoms with Crippen LogP contribution in [0.1, 0.15) is 0 Å². The van der Waals surface area contributed by atoms with Crippen LogP contribution < -0.4 is 9.64 Å². The van der Waals surface area contributed by atoms with Gasteiger partial charge in [-0.3, -0.25) is 0 Å². The topological polar surface area (TPSA) is 12.5 Å². The summed E-state index contributed by atoms with van der Waals surface area (Å²) in [5, 5.41) is 0. The molecule has 78 valence electrons. The highest BCUT2D eigenvalue weighted by atomic mass is 16.5. The molecule has 2 heteroatoms. The van der Waals surface area contributed by atoms with Gasteiger partial charge in [0.05, 0.1) is 7.11 Å². The minimum absolute atomic E-state index is 0.880. The SMILES string of the molecule is C=C1CN(c2ccc(OC)cc2)CC1=C. The number of nitrogens with zero attached hydrogens (tertiary/aromatic N) is 1. The molecule has 1 heterocycles. The van der Waals surface area contributed by atoms with E-state index in [0.29, 0.717) is 0 Å². The number of benzene rings is 1. The molecule has 15 heavy (non-hydrogen) atoms. The highest BCUT2D eigenvalue weighted by Crippen LogP contribution is 2.26. The van der Waals surface area contributed by atoms with Crippen molar-refractivity contribution < 1.29 is 4.74 Å². The van der Waals surface area contributed by atoms with Crippen LogP contribution in [0.25, 0.3) is 0 Å². The molecule has 0 aliphatic carbocycles. The minimum atomic E-state index is 0.880. The van der Waals surface area contributed by atoms with Gasteiger partial charge in [-0.2, -0.15) is 0 Å². The van der Waals surface area contributed by atoms with Crippen molar-refractivity contribution in [1.82, 2.24) is 0 Å². The zero-order chi connectivity index (χ0) is 10.8. The summed E-state index contributed by atoms with van der Waals surface area (Å²) >= 11 is 0. The predicted octanol–water partition coefficient (Wildman–Crippen LogP) is 2.63. The van der Waals surface area contributed by atoms with Crippen molar-refractivity contribution in [1.29, 1.82) is 0 Å². The maximum absolute atomic E-state index is 5.12. The second-order valence-corrected chi connectivity index (χ2v) is 3.76. The summed E-state index contributed by atoms with van der Waals surface area (Å²) in [6, 6.07) is 8.06. The van der Waals surface area contributed by atoms with E-state index in [2.05, 4.69) is 30.2 Å². The van der Waals surface area contributed by atoms with E-state index in [1.165, 1.54) is 5.69 Å². The summed E-state index contributed by atoms with van der Waals surface area (Å²) in [6.07, 6.45) is 0. The maximum Gasteiger partial charge on any atom is 0.119 e. The third-order valence-corrected chi connectivity index (χ3v) is 2.70. The molecule has 1 saturated heterocycles. The lowest BCUT2D eigenvalue weighted by Gasteiger charge is -2.17. The first-order chi connectivity index (χ1) is 7.20. The zero-order valence-electron chi connectivity index (χ0n) is 8.99. The highest BCUT2D eigenvalue weighted by Gasteiger charge is 2.18. The lowest BCUT2D eigenvalue weighted by molar-refractivity contribution is 0.415.